The Kier molecular flexibility index (Phi) is 3.69. The van der Waals surface area contributed by atoms with Gasteiger partial charge in [0.1, 0.15) is 12.1 Å². The Labute approximate surface area is 95.7 Å². The van der Waals surface area contributed by atoms with Crippen molar-refractivity contribution in [2.75, 3.05) is 37.6 Å². The van der Waals surface area contributed by atoms with Crippen molar-refractivity contribution in [1.29, 1.82) is 0 Å². The monoisotopic (exact) mass is 222 g/mol. The van der Waals surface area contributed by atoms with E-state index in [-0.39, 0.29) is 6.61 Å². The van der Waals surface area contributed by atoms with Gasteiger partial charge in [-0.15, -0.1) is 0 Å². The van der Waals surface area contributed by atoms with E-state index < -0.39 is 0 Å². The molecule has 1 aliphatic heterocycles. The van der Waals surface area contributed by atoms with Gasteiger partial charge in [-0.1, -0.05) is 6.92 Å². The van der Waals surface area contributed by atoms with Crippen molar-refractivity contribution in [3.05, 3.63) is 18.1 Å². The maximum atomic E-state index is 9.23. The molecule has 1 aromatic rings. The van der Waals surface area contributed by atoms with Crippen molar-refractivity contribution >= 4 is 5.82 Å². The number of hydrogen-bond acceptors (Lipinski definition) is 5. The lowest BCUT2D eigenvalue weighted by atomic mass is 10.2. The summed E-state index contributed by atoms with van der Waals surface area (Å²) < 4.78 is 0. The summed E-state index contributed by atoms with van der Waals surface area (Å²) in [6.45, 7) is 7.35. The number of aliphatic hydroxyl groups is 1. The lowest BCUT2D eigenvalue weighted by Crippen LogP contribution is -2.46. The molecule has 2 heterocycles. The minimum Gasteiger partial charge on any atom is -0.391 e. The molecule has 0 spiro atoms. The average molecular weight is 222 g/mol. The van der Waals surface area contributed by atoms with E-state index in [1.54, 1.807) is 12.5 Å². The quantitative estimate of drug-likeness (QED) is 0.786. The zero-order chi connectivity index (χ0) is 11.4. The molecule has 0 aliphatic carbocycles. The summed E-state index contributed by atoms with van der Waals surface area (Å²) in [5.41, 5.74) is 0.812. The van der Waals surface area contributed by atoms with Crippen LogP contribution in [0.1, 0.15) is 12.5 Å². The highest BCUT2D eigenvalue weighted by Crippen LogP contribution is 2.17. The smallest absolute Gasteiger partial charge is 0.137 e. The highest BCUT2D eigenvalue weighted by atomic mass is 16.3. The first kappa shape index (κ1) is 11.3. The predicted octanol–water partition coefficient (Wildman–Crippen LogP) is 0.111. The molecular formula is C11H18N4O. The van der Waals surface area contributed by atoms with Gasteiger partial charge in [0.25, 0.3) is 0 Å². The molecule has 1 N–H and O–H groups in total. The maximum Gasteiger partial charge on any atom is 0.137 e. The summed E-state index contributed by atoms with van der Waals surface area (Å²) in [7, 11) is 0. The summed E-state index contributed by atoms with van der Waals surface area (Å²) in [4.78, 5) is 12.8. The van der Waals surface area contributed by atoms with E-state index in [9.17, 15) is 5.11 Å². The van der Waals surface area contributed by atoms with E-state index in [2.05, 4.69) is 26.7 Å². The molecule has 0 radical (unpaired) electrons. The highest BCUT2D eigenvalue weighted by Gasteiger charge is 2.18. The fourth-order valence-corrected chi connectivity index (χ4v) is 2.02. The molecule has 1 aliphatic rings. The molecule has 0 saturated carbocycles. The Bertz CT molecular complexity index is 337. The number of rotatable bonds is 3. The van der Waals surface area contributed by atoms with Gasteiger partial charge >= 0.3 is 0 Å². The third-order valence-electron chi connectivity index (χ3n) is 3.05. The molecule has 0 bridgehead atoms. The molecule has 88 valence electrons. The Morgan fingerprint density at radius 1 is 1.31 bits per heavy atom. The summed E-state index contributed by atoms with van der Waals surface area (Å²) in [6, 6.07) is 0. The SMILES string of the molecule is CCN1CCN(c2ncncc2CO)CC1. The molecule has 0 aromatic carbocycles. The topological polar surface area (TPSA) is 52.5 Å². The van der Waals surface area contributed by atoms with E-state index in [0.717, 1.165) is 44.1 Å². The summed E-state index contributed by atoms with van der Waals surface area (Å²) in [5, 5.41) is 9.23. The van der Waals surface area contributed by atoms with Crippen LogP contribution in [0.25, 0.3) is 0 Å². The first-order valence-electron chi connectivity index (χ1n) is 5.72. The zero-order valence-electron chi connectivity index (χ0n) is 9.63. The molecule has 16 heavy (non-hydrogen) atoms. The number of nitrogens with zero attached hydrogens (tertiary/aromatic N) is 4. The Morgan fingerprint density at radius 3 is 2.69 bits per heavy atom. The Hall–Kier alpha value is -1.20. The van der Waals surface area contributed by atoms with Gasteiger partial charge in [0.2, 0.25) is 0 Å². The van der Waals surface area contributed by atoms with Crippen LogP contribution in [-0.2, 0) is 6.61 Å². The molecule has 0 atom stereocenters. The van der Waals surface area contributed by atoms with Crippen LogP contribution in [0.3, 0.4) is 0 Å². The number of aromatic nitrogens is 2. The minimum absolute atomic E-state index is 0.00413. The van der Waals surface area contributed by atoms with Gasteiger partial charge in [-0.2, -0.15) is 0 Å². The van der Waals surface area contributed by atoms with Crippen LogP contribution in [0.15, 0.2) is 12.5 Å². The van der Waals surface area contributed by atoms with Crippen molar-refractivity contribution in [2.24, 2.45) is 0 Å². The highest BCUT2D eigenvalue weighted by molar-refractivity contribution is 5.45. The van der Waals surface area contributed by atoms with Crippen LogP contribution in [0.2, 0.25) is 0 Å². The van der Waals surface area contributed by atoms with Crippen LogP contribution in [-0.4, -0.2) is 52.7 Å². The largest absolute Gasteiger partial charge is 0.391 e. The van der Waals surface area contributed by atoms with Crippen molar-refractivity contribution in [3.63, 3.8) is 0 Å². The fraction of sp³-hybridized carbons (Fsp3) is 0.636. The van der Waals surface area contributed by atoms with Gasteiger partial charge in [0.15, 0.2) is 0 Å². The maximum absolute atomic E-state index is 9.23. The van der Waals surface area contributed by atoms with Crippen LogP contribution in [0.4, 0.5) is 5.82 Å². The second kappa shape index (κ2) is 5.23. The second-order valence-electron chi connectivity index (χ2n) is 3.95. The molecule has 1 fully saturated rings. The van der Waals surface area contributed by atoms with E-state index >= 15 is 0 Å². The van der Waals surface area contributed by atoms with Gasteiger partial charge in [0.05, 0.1) is 6.61 Å². The van der Waals surface area contributed by atoms with Gasteiger partial charge in [-0.05, 0) is 6.54 Å². The standard InChI is InChI=1S/C11H18N4O/c1-2-14-3-5-15(6-4-14)11-10(8-16)7-12-9-13-11/h7,9,16H,2-6,8H2,1H3. The second-order valence-corrected chi connectivity index (χ2v) is 3.95. The molecule has 1 saturated heterocycles. The van der Waals surface area contributed by atoms with E-state index in [1.165, 1.54) is 0 Å². The molecular weight excluding hydrogens is 204 g/mol. The lowest BCUT2D eigenvalue weighted by molar-refractivity contribution is 0.266. The summed E-state index contributed by atoms with van der Waals surface area (Å²) in [5.74, 6) is 0.883. The number of likely N-dealkylation sites (N-methyl/N-ethyl adjacent to an activating group) is 1. The van der Waals surface area contributed by atoms with Crippen LogP contribution < -0.4 is 4.90 Å². The lowest BCUT2D eigenvalue weighted by Gasteiger charge is -2.35. The van der Waals surface area contributed by atoms with Crippen molar-refractivity contribution in [1.82, 2.24) is 14.9 Å². The number of hydrogen-bond donors (Lipinski definition) is 1. The molecule has 5 heteroatoms. The summed E-state index contributed by atoms with van der Waals surface area (Å²) in [6.07, 6.45) is 3.23. The first-order valence-corrected chi connectivity index (χ1v) is 5.72. The first-order chi connectivity index (χ1) is 7.85. The molecule has 0 amide bonds. The third-order valence-corrected chi connectivity index (χ3v) is 3.05. The fourth-order valence-electron chi connectivity index (χ4n) is 2.02. The number of anilines is 1. The van der Waals surface area contributed by atoms with Gasteiger partial charge < -0.3 is 14.9 Å². The van der Waals surface area contributed by atoms with Crippen LogP contribution >= 0.6 is 0 Å². The van der Waals surface area contributed by atoms with Crippen LogP contribution in [0, 0.1) is 0 Å². The van der Waals surface area contributed by atoms with Crippen LogP contribution in [0.5, 0.6) is 0 Å². The normalized spacial score (nSPS) is 17.8. The van der Waals surface area contributed by atoms with Crippen molar-refractivity contribution in [3.8, 4) is 0 Å². The van der Waals surface area contributed by atoms with Gasteiger partial charge in [-0.25, -0.2) is 9.97 Å². The Morgan fingerprint density at radius 2 is 2.06 bits per heavy atom. The molecule has 5 nitrogen and oxygen atoms in total. The number of aliphatic hydroxyl groups excluding tert-OH is 1. The third kappa shape index (κ3) is 2.31. The molecule has 1 aromatic heterocycles. The minimum atomic E-state index is 0.00413. The molecule has 2 rings (SSSR count). The van der Waals surface area contributed by atoms with E-state index in [0.29, 0.717) is 0 Å². The van der Waals surface area contributed by atoms with Gasteiger partial charge in [-0.3, -0.25) is 0 Å². The molecule has 0 unspecified atom stereocenters. The Balaban J connectivity index is 2.07. The summed E-state index contributed by atoms with van der Waals surface area (Å²) >= 11 is 0. The van der Waals surface area contributed by atoms with Crippen molar-refractivity contribution < 1.29 is 5.11 Å². The van der Waals surface area contributed by atoms with Crippen molar-refractivity contribution in [2.45, 2.75) is 13.5 Å². The predicted molar refractivity (Wildman–Crippen MR) is 62.3 cm³/mol. The van der Waals surface area contributed by atoms with E-state index in [4.69, 9.17) is 0 Å². The average Bonchev–Trinajstić information content (AvgIpc) is 2.39. The number of piperazine rings is 1. The zero-order valence-corrected chi connectivity index (χ0v) is 9.63. The van der Waals surface area contributed by atoms with E-state index in [1.807, 2.05) is 0 Å². The van der Waals surface area contributed by atoms with Gasteiger partial charge in [0, 0.05) is 37.9 Å².